The molecule has 0 heterocycles. The van der Waals surface area contributed by atoms with Gasteiger partial charge in [0, 0.05) is 18.3 Å². The Morgan fingerprint density at radius 2 is 1.94 bits per heavy atom. The zero-order chi connectivity index (χ0) is 12.9. The third-order valence-electron chi connectivity index (χ3n) is 3.40. The van der Waals surface area contributed by atoms with Crippen LogP contribution in [0.4, 0.5) is 0 Å². The predicted octanol–water partition coefficient (Wildman–Crippen LogP) is 3.86. The number of methoxy groups -OCH3 is 1. The van der Waals surface area contributed by atoms with Crippen molar-refractivity contribution >= 4 is 28.6 Å². The molecule has 0 aliphatic heterocycles. The highest BCUT2D eigenvalue weighted by atomic mass is 35.5. The Balaban J connectivity index is 2.25. The molecule has 100 valence electrons. The average molecular weight is 279 g/mol. The highest BCUT2D eigenvalue weighted by Crippen LogP contribution is 2.35. The second kappa shape index (κ2) is 7.01. The fourth-order valence-electron chi connectivity index (χ4n) is 2.26. The molecule has 1 saturated carbocycles. The van der Waals surface area contributed by atoms with Crippen molar-refractivity contribution in [3.63, 3.8) is 0 Å². The molecular formula is C13H23ClO2S. The van der Waals surface area contributed by atoms with E-state index in [1.807, 2.05) is 11.8 Å². The molecule has 0 aromatic rings. The van der Waals surface area contributed by atoms with E-state index < -0.39 is 0 Å². The summed E-state index contributed by atoms with van der Waals surface area (Å²) in [7, 11) is 1.80. The van der Waals surface area contributed by atoms with Crippen molar-refractivity contribution in [2.75, 3.05) is 12.9 Å². The fraction of sp³-hybridized carbons (Fsp3) is 0.923. The summed E-state index contributed by atoms with van der Waals surface area (Å²) < 4.78 is 5.34. The Morgan fingerprint density at radius 1 is 1.35 bits per heavy atom. The molecule has 17 heavy (non-hydrogen) atoms. The zero-order valence-corrected chi connectivity index (χ0v) is 12.6. The van der Waals surface area contributed by atoms with Crippen LogP contribution in [0.25, 0.3) is 0 Å². The molecular weight excluding hydrogens is 256 g/mol. The summed E-state index contributed by atoms with van der Waals surface area (Å²) in [6, 6.07) is 0. The van der Waals surface area contributed by atoms with E-state index in [1.54, 1.807) is 7.11 Å². The maximum absolute atomic E-state index is 10.9. The van der Waals surface area contributed by atoms with Crippen molar-refractivity contribution in [1.29, 1.82) is 0 Å². The first-order valence-corrected chi connectivity index (χ1v) is 7.64. The number of rotatable bonds is 6. The number of ether oxygens (including phenoxy) is 1. The molecule has 2 nitrogen and oxygen atoms in total. The SMILES string of the molecule is COC1CCC(CSC(C)(C)CC(=O)Cl)CC1. The third-order valence-corrected chi connectivity index (χ3v) is 5.10. The van der Waals surface area contributed by atoms with Crippen LogP contribution in [-0.2, 0) is 9.53 Å². The summed E-state index contributed by atoms with van der Waals surface area (Å²) in [5, 5.41) is -0.231. The molecule has 0 amide bonds. The van der Waals surface area contributed by atoms with Crippen LogP contribution in [0.1, 0.15) is 46.0 Å². The van der Waals surface area contributed by atoms with Crippen molar-refractivity contribution in [3.05, 3.63) is 0 Å². The summed E-state index contributed by atoms with van der Waals surface area (Å²) in [6.45, 7) is 4.19. The second-order valence-electron chi connectivity index (χ2n) is 5.48. The van der Waals surface area contributed by atoms with E-state index in [-0.39, 0.29) is 9.99 Å². The predicted molar refractivity (Wildman–Crippen MR) is 74.8 cm³/mol. The van der Waals surface area contributed by atoms with Crippen LogP contribution >= 0.6 is 23.4 Å². The molecule has 0 spiro atoms. The van der Waals surface area contributed by atoms with Gasteiger partial charge in [0.25, 0.3) is 0 Å². The first kappa shape index (κ1) is 15.3. The average Bonchev–Trinajstić information content (AvgIpc) is 2.25. The normalized spacial score (nSPS) is 25.9. The van der Waals surface area contributed by atoms with Gasteiger partial charge in [0.15, 0.2) is 0 Å². The molecule has 1 fully saturated rings. The monoisotopic (exact) mass is 278 g/mol. The summed E-state index contributed by atoms with van der Waals surface area (Å²) in [5.74, 6) is 1.91. The molecule has 0 aromatic carbocycles. The lowest BCUT2D eigenvalue weighted by Gasteiger charge is -2.30. The van der Waals surface area contributed by atoms with E-state index in [0.29, 0.717) is 12.5 Å². The van der Waals surface area contributed by atoms with Crippen LogP contribution in [0.3, 0.4) is 0 Å². The Hall–Kier alpha value is 0.270. The highest BCUT2D eigenvalue weighted by Gasteiger charge is 2.26. The number of hydrogen-bond donors (Lipinski definition) is 0. The molecule has 4 heteroatoms. The molecule has 0 N–H and O–H groups in total. The van der Waals surface area contributed by atoms with Crippen LogP contribution in [0.5, 0.6) is 0 Å². The van der Waals surface area contributed by atoms with E-state index in [0.717, 1.165) is 11.7 Å². The van der Waals surface area contributed by atoms with Gasteiger partial charge >= 0.3 is 0 Å². The van der Waals surface area contributed by atoms with Gasteiger partial charge in [0.2, 0.25) is 5.24 Å². The minimum Gasteiger partial charge on any atom is -0.381 e. The van der Waals surface area contributed by atoms with E-state index in [1.165, 1.54) is 25.7 Å². The van der Waals surface area contributed by atoms with E-state index in [9.17, 15) is 4.79 Å². The quantitative estimate of drug-likeness (QED) is 0.690. The van der Waals surface area contributed by atoms with Gasteiger partial charge in [-0.25, -0.2) is 0 Å². The standard InChI is InChI=1S/C13H23ClO2S/c1-13(2,8-12(14)15)17-9-10-4-6-11(16-3)7-5-10/h10-11H,4-9H2,1-3H3. The van der Waals surface area contributed by atoms with Gasteiger partial charge in [-0.3, -0.25) is 4.79 Å². The smallest absolute Gasteiger partial charge is 0.223 e. The van der Waals surface area contributed by atoms with Crippen LogP contribution < -0.4 is 0 Å². The van der Waals surface area contributed by atoms with E-state index >= 15 is 0 Å². The van der Waals surface area contributed by atoms with Crippen LogP contribution in [-0.4, -0.2) is 29.0 Å². The second-order valence-corrected chi connectivity index (χ2v) is 7.63. The number of hydrogen-bond acceptors (Lipinski definition) is 3. The van der Waals surface area contributed by atoms with Crippen LogP contribution in [0, 0.1) is 5.92 Å². The minimum atomic E-state index is -0.231. The molecule has 0 unspecified atom stereocenters. The number of carbonyl (C=O) groups excluding carboxylic acids is 1. The lowest BCUT2D eigenvalue weighted by Crippen LogP contribution is -2.24. The maximum atomic E-state index is 10.9. The van der Waals surface area contributed by atoms with Gasteiger partial charge in [-0.1, -0.05) is 13.8 Å². The molecule has 0 atom stereocenters. The van der Waals surface area contributed by atoms with Crippen molar-refractivity contribution in [2.24, 2.45) is 5.92 Å². The Bertz CT molecular complexity index is 248. The lowest BCUT2D eigenvalue weighted by molar-refractivity contribution is -0.112. The Morgan fingerprint density at radius 3 is 2.41 bits per heavy atom. The Labute approximate surface area is 114 Å². The maximum Gasteiger partial charge on any atom is 0.223 e. The van der Waals surface area contributed by atoms with Gasteiger partial charge in [0.1, 0.15) is 0 Å². The largest absolute Gasteiger partial charge is 0.381 e. The third kappa shape index (κ3) is 6.12. The Kier molecular flexibility index (Phi) is 6.32. The molecule has 0 aromatic heterocycles. The molecule has 1 aliphatic carbocycles. The van der Waals surface area contributed by atoms with E-state index in [4.69, 9.17) is 16.3 Å². The van der Waals surface area contributed by atoms with Gasteiger partial charge in [-0.05, 0) is 49.0 Å². The molecule has 1 aliphatic rings. The lowest BCUT2D eigenvalue weighted by atomic mass is 9.89. The summed E-state index contributed by atoms with van der Waals surface area (Å²) in [4.78, 5) is 10.9. The van der Waals surface area contributed by atoms with Crippen molar-refractivity contribution in [1.82, 2.24) is 0 Å². The fourth-order valence-corrected chi connectivity index (χ4v) is 3.93. The van der Waals surface area contributed by atoms with Gasteiger partial charge < -0.3 is 4.74 Å². The summed E-state index contributed by atoms with van der Waals surface area (Å²) in [6.07, 6.45) is 5.76. The van der Waals surface area contributed by atoms with Gasteiger partial charge in [-0.15, -0.1) is 0 Å². The number of thioether (sulfide) groups is 1. The van der Waals surface area contributed by atoms with Crippen molar-refractivity contribution in [3.8, 4) is 0 Å². The van der Waals surface area contributed by atoms with Crippen LogP contribution in [0.2, 0.25) is 0 Å². The van der Waals surface area contributed by atoms with Gasteiger partial charge in [0.05, 0.1) is 6.10 Å². The minimum absolute atomic E-state index is 0.0308. The topological polar surface area (TPSA) is 26.3 Å². The molecule has 0 bridgehead atoms. The molecule has 0 saturated heterocycles. The zero-order valence-electron chi connectivity index (χ0n) is 11.0. The number of carbonyl (C=O) groups is 1. The molecule has 1 rings (SSSR count). The summed E-state index contributed by atoms with van der Waals surface area (Å²) in [5.41, 5.74) is 0. The van der Waals surface area contributed by atoms with Crippen molar-refractivity contribution < 1.29 is 9.53 Å². The van der Waals surface area contributed by atoms with E-state index in [2.05, 4.69) is 13.8 Å². The first-order chi connectivity index (χ1) is 7.93. The van der Waals surface area contributed by atoms with Gasteiger partial charge in [-0.2, -0.15) is 11.8 Å². The number of halogens is 1. The first-order valence-electron chi connectivity index (χ1n) is 6.28. The summed E-state index contributed by atoms with van der Waals surface area (Å²) >= 11 is 7.33. The molecule has 0 radical (unpaired) electrons. The van der Waals surface area contributed by atoms with Crippen LogP contribution in [0.15, 0.2) is 0 Å². The highest BCUT2D eigenvalue weighted by molar-refractivity contribution is 8.00. The van der Waals surface area contributed by atoms with Crippen molar-refractivity contribution in [2.45, 2.75) is 56.8 Å².